The molecule has 1 aliphatic heterocycles. The smallest absolute Gasteiger partial charge is 0.270 e. The number of amides is 2. The summed E-state index contributed by atoms with van der Waals surface area (Å²) in [5.74, 6) is 0.496. The number of carbonyl (C=O) groups excluding carboxylic acids is 2. The molecular formula is C26H20Cl2N2O5S2. The predicted molar refractivity (Wildman–Crippen MR) is 152 cm³/mol. The van der Waals surface area contributed by atoms with Crippen molar-refractivity contribution in [2.75, 3.05) is 31.0 Å². The zero-order valence-corrected chi connectivity index (χ0v) is 22.8. The van der Waals surface area contributed by atoms with Crippen LogP contribution in [0.5, 0.6) is 17.2 Å². The molecule has 0 aliphatic carbocycles. The van der Waals surface area contributed by atoms with Crippen molar-refractivity contribution in [3.05, 3.63) is 81.2 Å². The molecule has 1 saturated heterocycles. The second kappa shape index (κ2) is 11.9. The largest absolute Gasteiger partial charge is 0.497 e. The molecule has 2 amide bonds. The molecular weight excluding hydrogens is 555 g/mol. The molecule has 1 N–H and O–H groups in total. The maximum absolute atomic E-state index is 13.1. The molecule has 1 aliphatic rings. The topological polar surface area (TPSA) is 77.1 Å². The number of thioether (sulfide) groups is 1. The summed E-state index contributed by atoms with van der Waals surface area (Å²) in [4.78, 5) is 27.3. The molecule has 7 nitrogen and oxygen atoms in total. The highest BCUT2D eigenvalue weighted by Crippen LogP contribution is 2.40. The SMILES string of the molecule is COc1ccc(N2C(=O)/C(=C/c3cc(Cl)c(OCC(=O)Nc4ccccc4Cl)c(OC)c3)SC2=S)cc1. The summed E-state index contributed by atoms with van der Waals surface area (Å²) in [6, 6.07) is 17.2. The number of hydrogen-bond donors (Lipinski definition) is 1. The minimum atomic E-state index is -0.419. The Morgan fingerprint density at radius 2 is 1.78 bits per heavy atom. The summed E-state index contributed by atoms with van der Waals surface area (Å²) < 4.78 is 16.7. The van der Waals surface area contributed by atoms with Crippen LogP contribution in [0.4, 0.5) is 11.4 Å². The van der Waals surface area contributed by atoms with Gasteiger partial charge in [0.15, 0.2) is 22.4 Å². The van der Waals surface area contributed by atoms with E-state index < -0.39 is 5.91 Å². The highest BCUT2D eigenvalue weighted by molar-refractivity contribution is 8.27. The first-order valence-electron chi connectivity index (χ1n) is 10.8. The Morgan fingerprint density at radius 1 is 1.05 bits per heavy atom. The molecule has 0 saturated carbocycles. The van der Waals surface area contributed by atoms with Gasteiger partial charge in [0.1, 0.15) is 5.75 Å². The third kappa shape index (κ3) is 6.19. The van der Waals surface area contributed by atoms with Crippen LogP contribution in [0.2, 0.25) is 10.0 Å². The number of benzene rings is 3. The third-order valence-electron chi connectivity index (χ3n) is 5.17. The number of rotatable bonds is 8. The van der Waals surface area contributed by atoms with Gasteiger partial charge >= 0.3 is 0 Å². The minimum Gasteiger partial charge on any atom is -0.497 e. The number of carbonyl (C=O) groups is 2. The van der Waals surface area contributed by atoms with Crippen LogP contribution in [-0.4, -0.2) is 37.0 Å². The summed E-state index contributed by atoms with van der Waals surface area (Å²) in [5.41, 5.74) is 1.71. The van der Waals surface area contributed by atoms with E-state index in [1.165, 1.54) is 23.8 Å². The average molecular weight is 575 g/mol. The molecule has 0 bridgehead atoms. The Kier molecular flexibility index (Phi) is 8.60. The van der Waals surface area contributed by atoms with E-state index in [-0.39, 0.29) is 23.3 Å². The maximum Gasteiger partial charge on any atom is 0.270 e. The van der Waals surface area contributed by atoms with Gasteiger partial charge in [0.25, 0.3) is 11.8 Å². The number of ether oxygens (including phenoxy) is 3. The van der Waals surface area contributed by atoms with Crippen molar-refractivity contribution < 1.29 is 23.8 Å². The first-order chi connectivity index (χ1) is 17.8. The predicted octanol–water partition coefficient (Wildman–Crippen LogP) is 6.43. The van der Waals surface area contributed by atoms with Crippen molar-refractivity contribution in [2.45, 2.75) is 0 Å². The Labute approximate surface area is 233 Å². The first-order valence-corrected chi connectivity index (χ1v) is 12.8. The van der Waals surface area contributed by atoms with Gasteiger partial charge in [-0.3, -0.25) is 14.5 Å². The van der Waals surface area contributed by atoms with Gasteiger partial charge in [0.05, 0.1) is 40.5 Å². The quantitative estimate of drug-likeness (QED) is 0.245. The van der Waals surface area contributed by atoms with Gasteiger partial charge in [-0.1, -0.05) is 59.3 Å². The number of nitrogens with zero attached hydrogens (tertiary/aromatic N) is 1. The van der Waals surface area contributed by atoms with Crippen LogP contribution in [-0.2, 0) is 9.59 Å². The molecule has 0 atom stereocenters. The van der Waals surface area contributed by atoms with E-state index in [1.54, 1.807) is 73.8 Å². The molecule has 37 heavy (non-hydrogen) atoms. The monoisotopic (exact) mass is 574 g/mol. The van der Waals surface area contributed by atoms with E-state index in [4.69, 9.17) is 49.6 Å². The summed E-state index contributed by atoms with van der Waals surface area (Å²) in [6.45, 7) is -0.318. The molecule has 4 rings (SSSR count). The van der Waals surface area contributed by atoms with Crippen LogP contribution in [0, 0.1) is 0 Å². The van der Waals surface area contributed by atoms with Gasteiger partial charge < -0.3 is 19.5 Å². The number of hydrogen-bond acceptors (Lipinski definition) is 7. The number of halogens is 2. The zero-order valence-electron chi connectivity index (χ0n) is 19.6. The van der Waals surface area contributed by atoms with Crippen LogP contribution in [0.3, 0.4) is 0 Å². The van der Waals surface area contributed by atoms with Crippen LogP contribution < -0.4 is 24.4 Å². The van der Waals surface area contributed by atoms with Crippen LogP contribution >= 0.6 is 47.2 Å². The number of para-hydroxylation sites is 1. The summed E-state index contributed by atoms with van der Waals surface area (Å²) in [7, 11) is 3.03. The lowest BCUT2D eigenvalue weighted by atomic mass is 10.1. The summed E-state index contributed by atoms with van der Waals surface area (Å²) >= 11 is 19.2. The molecule has 1 heterocycles. The van der Waals surface area contributed by atoms with Gasteiger partial charge in [-0.2, -0.15) is 0 Å². The molecule has 3 aromatic rings. The van der Waals surface area contributed by atoms with Crippen molar-refractivity contribution in [1.29, 1.82) is 0 Å². The Morgan fingerprint density at radius 3 is 2.46 bits per heavy atom. The standard InChI is InChI=1S/C26H20Cl2N2O5S2/c1-33-17-9-7-16(8-10-17)30-25(32)22(37-26(30)36)13-15-11-19(28)24(21(12-15)34-2)35-14-23(31)29-20-6-4-3-5-18(20)27/h3-13H,14H2,1-2H3,(H,29,31)/b22-13-. The number of thiocarbonyl (C=S) groups is 1. The molecule has 11 heteroatoms. The molecule has 0 aromatic heterocycles. The second-order valence-corrected chi connectivity index (χ2v) is 10.1. The highest BCUT2D eigenvalue weighted by atomic mass is 35.5. The van der Waals surface area contributed by atoms with Crippen molar-refractivity contribution in [3.8, 4) is 17.2 Å². The van der Waals surface area contributed by atoms with Crippen molar-refractivity contribution in [2.24, 2.45) is 0 Å². The van der Waals surface area contributed by atoms with E-state index in [2.05, 4.69) is 5.32 Å². The van der Waals surface area contributed by atoms with Crippen LogP contribution in [0.15, 0.2) is 65.6 Å². The van der Waals surface area contributed by atoms with Crippen molar-refractivity contribution in [3.63, 3.8) is 0 Å². The Hall–Kier alpha value is -3.24. The normalized spacial score (nSPS) is 14.2. The zero-order chi connectivity index (χ0) is 26.5. The van der Waals surface area contributed by atoms with Crippen LogP contribution in [0.25, 0.3) is 6.08 Å². The van der Waals surface area contributed by atoms with Gasteiger partial charge in [-0.05, 0) is 60.2 Å². The van der Waals surface area contributed by atoms with Crippen molar-refractivity contribution in [1.82, 2.24) is 0 Å². The highest BCUT2D eigenvalue weighted by Gasteiger charge is 2.33. The number of anilines is 2. The lowest BCUT2D eigenvalue weighted by Crippen LogP contribution is -2.27. The third-order valence-corrected chi connectivity index (χ3v) is 7.08. The number of nitrogens with one attached hydrogen (secondary N) is 1. The van der Waals surface area contributed by atoms with Gasteiger partial charge in [-0.15, -0.1) is 0 Å². The Balaban J connectivity index is 1.50. The van der Waals surface area contributed by atoms with Gasteiger partial charge in [-0.25, -0.2) is 0 Å². The van der Waals surface area contributed by atoms with Crippen molar-refractivity contribution >= 4 is 80.8 Å². The van der Waals surface area contributed by atoms with E-state index in [1.807, 2.05) is 0 Å². The fourth-order valence-corrected chi connectivity index (χ4v) is 5.18. The van der Waals surface area contributed by atoms with E-state index in [9.17, 15) is 9.59 Å². The van der Waals surface area contributed by atoms with Gasteiger partial charge in [0.2, 0.25) is 0 Å². The van der Waals surface area contributed by atoms with Gasteiger partial charge in [0, 0.05) is 0 Å². The first kappa shape index (κ1) is 26.8. The second-order valence-electron chi connectivity index (χ2n) is 7.57. The molecule has 0 radical (unpaired) electrons. The fraction of sp³-hybridized carbons (Fsp3) is 0.115. The molecule has 0 unspecified atom stereocenters. The average Bonchev–Trinajstić information content (AvgIpc) is 3.16. The molecule has 190 valence electrons. The van der Waals surface area contributed by atoms with E-state index >= 15 is 0 Å². The maximum atomic E-state index is 13.1. The lowest BCUT2D eigenvalue weighted by Gasteiger charge is -2.15. The molecule has 0 spiro atoms. The number of methoxy groups -OCH3 is 2. The minimum absolute atomic E-state index is 0.196. The lowest BCUT2D eigenvalue weighted by molar-refractivity contribution is -0.118. The summed E-state index contributed by atoms with van der Waals surface area (Å²) in [5, 5.41) is 3.30. The fourth-order valence-electron chi connectivity index (χ4n) is 3.42. The van der Waals surface area contributed by atoms with Crippen LogP contribution in [0.1, 0.15) is 5.56 Å². The molecule has 3 aromatic carbocycles. The molecule has 1 fully saturated rings. The van der Waals surface area contributed by atoms with E-state index in [0.717, 1.165) is 0 Å². The Bertz CT molecular complexity index is 1400. The summed E-state index contributed by atoms with van der Waals surface area (Å²) in [6.07, 6.45) is 1.67. The van der Waals surface area contributed by atoms with E-state index in [0.29, 0.717) is 42.7 Å².